The molecule has 0 bridgehead atoms. The average Bonchev–Trinajstić information content (AvgIpc) is 3.22. The van der Waals surface area contributed by atoms with Gasteiger partial charge in [-0.25, -0.2) is 0 Å². The topological polar surface area (TPSA) is 29.6 Å². The summed E-state index contributed by atoms with van der Waals surface area (Å²) in [5.74, 6) is 0.324. The van der Waals surface area contributed by atoms with E-state index in [0.717, 1.165) is 32.1 Å². The molecule has 2 heteroatoms. The fourth-order valence-corrected chi connectivity index (χ4v) is 2.53. The van der Waals surface area contributed by atoms with E-state index in [4.69, 9.17) is 4.74 Å². The minimum Gasteiger partial charge on any atom is -0.369 e. The van der Waals surface area contributed by atoms with Crippen LogP contribution < -0.4 is 0 Å². The molecule has 0 N–H and O–H groups in total. The van der Waals surface area contributed by atoms with Gasteiger partial charge in [-0.2, -0.15) is 0 Å². The maximum absolute atomic E-state index is 10.8. The number of allylic oxidation sites excluding steroid dienone is 3. The van der Waals surface area contributed by atoms with Gasteiger partial charge in [0.25, 0.3) is 0 Å². The van der Waals surface area contributed by atoms with Crippen LogP contribution >= 0.6 is 0 Å². The smallest absolute Gasteiger partial charge is 0.129 e. The van der Waals surface area contributed by atoms with Crippen LogP contribution in [-0.4, -0.2) is 18.0 Å². The summed E-state index contributed by atoms with van der Waals surface area (Å²) in [6, 6.07) is 0. The Morgan fingerprint density at radius 2 is 1.67 bits per heavy atom. The second kappa shape index (κ2) is 11.7. The summed E-state index contributed by atoms with van der Waals surface area (Å²) in [5.41, 5.74) is 0. The van der Waals surface area contributed by atoms with Gasteiger partial charge in [0, 0.05) is 6.42 Å². The molecular formula is C19H32O2. The lowest BCUT2D eigenvalue weighted by Crippen LogP contribution is -1.89. The predicted octanol–water partition coefficient (Wildman–Crippen LogP) is 5.38. The third-order valence-electron chi connectivity index (χ3n) is 3.96. The summed E-state index contributed by atoms with van der Waals surface area (Å²) < 4.78 is 5.49. The number of Topliss-reactive ketones (excluding diaryl/α,β-unsaturated/α-hetero) is 1. The molecule has 0 aromatic heterocycles. The zero-order chi connectivity index (χ0) is 15.3. The third-order valence-corrected chi connectivity index (χ3v) is 3.96. The van der Waals surface area contributed by atoms with Crippen LogP contribution in [0, 0.1) is 0 Å². The van der Waals surface area contributed by atoms with Crippen molar-refractivity contribution in [2.45, 2.75) is 90.3 Å². The van der Waals surface area contributed by atoms with Gasteiger partial charge in [0.15, 0.2) is 0 Å². The summed E-state index contributed by atoms with van der Waals surface area (Å²) >= 11 is 0. The second-order valence-corrected chi connectivity index (χ2v) is 6.04. The number of ketones is 1. The van der Waals surface area contributed by atoms with E-state index in [1.54, 1.807) is 6.92 Å². The maximum atomic E-state index is 10.8. The molecule has 0 saturated carbocycles. The quantitative estimate of drug-likeness (QED) is 0.259. The zero-order valence-corrected chi connectivity index (χ0v) is 13.9. The Labute approximate surface area is 130 Å². The lowest BCUT2D eigenvalue weighted by molar-refractivity contribution is -0.117. The Balaban J connectivity index is 1.80. The number of carbonyl (C=O) groups is 1. The van der Waals surface area contributed by atoms with E-state index in [-0.39, 0.29) is 0 Å². The molecule has 1 saturated heterocycles. The number of hydrogen-bond donors (Lipinski definition) is 0. The van der Waals surface area contributed by atoms with Crippen molar-refractivity contribution in [2.24, 2.45) is 0 Å². The summed E-state index contributed by atoms with van der Waals surface area (Å²) in [4.78, 5) is 10.8. The number of carbonyl (C=O) groups excluding carboxylic acids is 1. The van der Waals surface area contributed by atoms with Crippen LogP contribution in [0.5, 0.6) is 0 Å². The molecule has 2 atom stereocenters. The van der Waals surface area contributed by atoms with Crippen molar-refractivity contribution in [3.05, 3.63) is 24.3 Å². The highest BCUT2D eigenvalue weighted by Crippen LogP contribution is 2.28. The normalized spacial score (nSPS) is 21.4. The van der Waals surface area contributed by atoms with E-state index in [1.165, 1.54) is 32.1 Å². The summed E-state index contributed by atoms with van der Waals surface area (Å²) in [6.45, 7) is 3.86. The summed E-state index contributed by atoms with van der Waals surface area (Å²) in [7, 11) is 0. The molecule has 2 unspecified atom stereocenters. The molecule has 21 heavy (non-hydrogen) atoms. The molecule has 0 aromatic rings. The maximum Gasteiger partial charge on any atom is 0.129 e. The monoisotopic (exact) mass is 292 g/mol. The predicted molar refractivity (Wildman–Crippen MR) is 89.5 cm³/mol. The number of hydrogen-bond acceptors (Lipinski definition) is 2. The van der Waals surface area contributed by atoms with Crippen molar-refractivity contribution in [1.29, 1.82) is 0 Å². The summed E-state index contributed by atoms with van der Waals surface area (Å²) in [6.07, 6.45) is 21.4. The first-order valence-corrected chi connectivity index (χ1v) is 8.69. The van der Waals surface area contributed by atoms with E-state index < -0.39 is 0 Å². The van der Waals surface area contributed by atoms with Crippen molar-refractivity contribution in [3.8, 4) is 0 Å². The Kier molecular flexibility index (Phi) is 10.1. The molecule has 1 heterocycles. The van der Waals surface area contributed by atoms with Gasteiger partial charge in [-0.15, -0.1) is 0 Å². The van der Waals surface area contributed by atoms with Crippen LogP contribution in [0.4, 0.5) is 0 Å². The highest BCUT2D eigenvalue weighted by Gasteiger charge is 2.35. The lowest BCUT2D eigenvalue weighted by atomic mass is 10.1. The first-order chi connectivity index (χ1) is 10.2. The van der Waals surface area contributed by atoms with Crippen LogP contribution in [0.1, 0.15) is 78.1 Å². The van der Waals surface area contributed by atoms with Gasteiger partial charge >= 0.3 is 0 Å². The Morgan fingerprint density at radius 1 is 0.952 bits per heavy atom. The van der Waals surface area contributed by atoms with E-state index in [2.05, 4.69) is 31.2 Å². The average molecular weight is 292 g/mol. The van der Waals surface area contributed by atoms with Crippen LogP contribution in [0.15, 0.2) is 24.3 Å². The molecule has 2 nitrogen and oxygen atoms in total. The van der Waals surface area contributed by atoms with Crippen LogP contribution in [-0.2, 0) is 9.53 Å². The number of unbranched alkanes of at least 4 members (excludes halogenated alkanes) is 5. The van der Waals surface area contributed by atoms with Gasteiger partial charge in [0.2, 0.25) is 0 Å². The fourth-order valence-electron chi connectivity index (χ4n) is 2.53. The number of ether oxygens (including phenoxy) is 1. The minimum absolute atomic E-state index is 0.324. The lowest BCUT2D eigenvalue weighted by Gasteiger charge is -1.98. The molecule has 120 valence electrons. The van der Waals surface area contributed by atoms with Crippen LogP contribution in [0.3, 0.4) is 0 Å². The Bertz CT molecular complexity index is 330. The Morgan fingerprint density at radius 3 is 2.38 bits per heavy atom. The van der Waals surface area contributed by atoms with E-state index in [0.29, 0.717) is 18.0 Å². The molecule has 1 rings (SSSR count). The van der Waals surface area contributed by atoms with Crippen molar-refractivity contribution >= 4 is 5.78 Å². The van der Waals surface area contributed by atoms with E-state index in [1.807, 2.05) is 0 Å². The zero-order valence-electron chi connectivity index (χ0n) is 13.9. The van der Waals surface area contributed by atoms with Gasteiger partial charge < -0.3 is 9.53 Å². The fraction of sp³-hybridized carbons (Fsp3) is 0.737. The standard InChI is InChI=1S/C19H32O2/c1-3-18-19(21-18)16-14-12-10-8-6-4-5-7-9-11-13-15-17(2)20/h6,8,12,14,18-19H,3-5,7,9-11,13,15-16H2,1-2H3/b8-6-,14-12-. The molecule has 0 radical (unpaired) electrons. The molecule has 0 aromatic carbocycles. The van der Waals surface area contributed by atoms with Crippen molar-refractivity contribution < 1.29 is 9.53 Å². The van der Waals surface area contributed by atoms with Gasteiger partial charge in [-0.1, -0.05) is 50.5 Å². The first kappa shape index (κ1) is 18.2. The molecule has 0 amide bonds. The Hall–Kier alpha value is -0.890. The van der Waals surface area contributed by atoms with Crippen molar-refractivity contribution in [3.63, 3.8) is 0 Å². The first-order valence-electron chi connectivity index (χ1n) is 8.69. The second-order valence-electron chi connectivity index (χ2n) is 6.04. The van der Waals surface area contributed by atoms with E-state index >= 15 is 0 Å². The largest absolute Gasteiger partial charge is 0.369 e. The van der Waals surface area contributed by atoms with Gasteiger partial charge in [0.1, 0.15) is 5.78 Å². The molecule has 1 aliphatic heterocycles. The molecular weight excluding hydrogens is 260 g/mol. The molecule has 0 aliphatic carbocycles. The van der Waals surface area contributed by atoms with Gasteiger partial charge in [-0.05, 0) is 45.4 Å². The van der Waals surface area contributed by atoms with Crippen molar-refractivity contribution in [1.82, 2.24) is 0 Å². The van der Waals surface area contributed by atoms with Crippen molar-refractivity contribution in [2.75, 3.05) is 0 Å². The van der Waals surface area contributed by atoms with Crippen LogP contribution in [0.25, 0.3) is 0 Å². The van der Waals surface area contributed by atoms with Gasteiger partial charge in [0.05, 0.1) is 12.2 Å². The SMILES string of the molecule is CCC1OC1C/C=C\C/C=C\CCCCCCCC(C)=O. The minimum atomic E-state index is 0.324. The number of epoxide rings is 1. The number of rotatable bonds is 13. The molecule has 0 spiro atoms. The molecule has 1 fully saturated rings. The van der Waals surface area contributed by atoms with Crippen LogP contribution in [0.2, 0.25) is 0 Å². The van der Waals surface area contributed by atoms with Gasteiger partial charge in [-0.3, -0.25) is 0 Å². The third kappa shape index (κ3) is 10.5. The highest BCUT2D eigenvalue weighted by molar-refractivity contribution is 5.75. The molecule has 1 aliphatic rings. The highest BCUT2D eigenvalue weighted by atomic mass is 16.6. The summed E-state index contributed by atoms with van der Waals surface area (Å²) in [5, 5.41) is 0. The van der Waals surface area contributed by atoms with E-state index in [9.17, 15) is 4.79 Å².